The summed E-state index contributed by atoms with van der Waals surface area (Å²) in [6.07, 6.45) is 1.63. The summed E-state index contributed by atoms with van der Waals surface area (Å²) in [5, 5.41) is 10.5. The Morgan fingerprint density at radius 1 is 1.11 bits per heavy atom. The van der Waals surface area contributed by atoms with Gasteiger partial charge in [0, 0.05) is 12.0 Å². The molecule has 0 radical (unpaired) electrons. The van der Waals surface area contributed by atoms with Gasteiger partial charge in [0.1, 0.15) is 11.9 Å². The summed E-state index contributed by atoms with van der Waals surface area (Å²) in [5.41, 5.74) is 1.09. The zero-order chi connectivity index (χ0) is 13.3. The third kappa shape index (κ3) is 1.85. The van der Waals surface area contributed by atoms with E-state index >= 15 is 0 Å². The van der Waals surface area contributed by atoms with Crippen LogP contribution in [0.15, 0.2) is 67.3 Å². The largest absolute Gasteiger partial charge is 0.475 e. The molecule has 1 heterocycles. The van der Waals surface area contributed by atoms with Crippen LogP contribution in [-0.4, -0.2) is 11.2 Å². The number of hydrogen-bond donors (Lipinski definition) is 1. The summed E-state index contributed by atoms with van der Waals surface area (Å²) in [6.45, 7) is 3.87. The lowest BCUT2D eigenvalue weighted by atomic mass is 9.82. The Morgan fingerprint density at radius 3 is 2.53 bits per heavy atom. The molecule has 0 spiro atoms. The minimum absolute atomic E-state index is 0.567. The van der Waals surface area contributed by atoms with Crippen LogP contribution in [0.3, 0.4) is 0 Å². The molecule has 1 aliphatic rings. The van der Waals surface area contributed by atoms with E-state index in [2.05, 4.69) is 6.58 Å². The lowest BCUT2D eigenvalue weighted by molar-refractivity contribution is -0.0371. The maximum atomic E-state index is 10.5. The fourth-order valence-corrected chi connectivity index (χ4v) is 2.63. The molecule has 0 saturated heterocycles. The van der Waals surface area contributed by atoms with Crippen LogP contribution in [0.4, 0.5) is 0 Å². The van der Waals surface area contributed by atoms with Crippen LogP contribution in [0.5, 0.6) is 5.75 Å². The zero-order valence-corrected chi connectivity index (χ0v) is 10.6. The van der Waals surface area contributed by atoms with Gasteiger partial charge in [0.25, 0.3) is 0 Å². The third-order valence-electron chi connectivity index (χ3n) is 3.69. The topological polar surface area (TPSA) is 29.5 Å². The van der Waals surface area contributed by atoms with Gasteiger partial charge in [0.05, 0.1) is 0 Å². The van der Waals surface area contributed by atoms with E-state index < -0.39 is 11.7 Å². The maximum Gasteiger partial charge on any atom is 0.178 e. The first kappa shape index (κ1) is 12.0. The standard InChI is InChI=1S/C17H16O2/c1-2-17(14-9-4-3-5-10-14)16(18)12-13-8-6-7-11-15(13)19-17/h2-11,16,18H,1,12H2. The molecule has 0 aromatic heterocycles. The zero-order valence-electron chi connectivity index (χ0n) is 10.6. The summed E-state index contributed by atoms with van der Waals surface area (Å²) in [7, 11) is 0. The van der Waals surface area contributed by atoms with E-state index in [1.165, 1.54) is 0 Å². The molecule has 0 bridgehead atoms. The Bertz CT molecular complexity index is 591. The summed E-state index contributed by atoms with van der Waals surface area (Å²) < 4.78 is 6.10. The van der Waals surface area contributed by atoms with Gasteiger partial charge in [-0.2, -0.15) is 0 Å². The Labute approximate surface area is 113 Å². The molecule has 2 unspecified atom stereocenters. The highest BCUT2D eigenvalue weighted by Crippen LogP contribution is 2.40. The molecule has 2 aromatic rings. The lowest BCUT2D eigenvalue weighted by Gasteiger charge is -2.40. The van der Waals surface area contributed by atoms with Crippen molar-refractivity contribution in [3.63, 3.8) is 0 Å². The van der Waals surface area contributed by atoms with Gasteiger partial charge in [0.15, 0.2) is 5.60 Å². The average molecular weight is 252 g/mol. The van der Waals surface area contributed by atoms with Crippen molar-refractivity contribution in [1.82, 2.24) is 0 Å². The van der Waals surface area contributed by atoms with Crippen molar-refractivity contribution in [3.05, 3.63) is 78.4 Å². The fraction of sp³-hybridized carbons (Fsp3) is 0.176. The first-order valence-corrected chi connectivity index (χ1v) is 6.40. The minimum Gasteiger partial charge on any atom is -0.475 e. The SMILES string of the molecule is C=CC1(c2ccccc2)Oc2ccccc2CC1O. The maximum absolute atomic E-state index is 10.5. The summed E-state index contributed by atoms with van der Waals surface area (Å²) in [5.74, 6) is 0.816. The average Bonchev–Trinajstić information content (AvgIpc) is 2.47. The van der Waals surface area contributed by atoms with Gasteiger partial charge >= 0.3 is 0 Å². The summed E-state index contributed by atoms with van der Waals surface area (Å²) >= 11 is 0. The van der Waals surface area contributed by atoms with E-state index in [9.17, 15) is 5.11 Å². The molecule has 0 saturated carbocycles. The molecular weight excluding hydrogens is 236 g/mol. The van der Waals surface area contributed by atoms with Crippen LogP contribution in [0.25, 0.3) is 0 Å². The Morgan fingerprint density at radius 2 is 1.79 bits per heavy atom. The van der Waals surface area contributed by atoms with Crippen molar-refractivity contribution in [2.75, 3.05) is 0 Å². The summed E-state index contributed by atoms with van der Waals surface area (Å²) in [6, 6.07) is 17.6. The second-order valence-electron chi connectivity index (χ2n) is 4.79. The molecule has 3 rings (SSSR count). The predicted octanol–water partition coefficient (Wildman–Crippen LogP) is 3.06. The number of ether oxygens (including phenoxy) is 1. The van der Waals surface area contributed by atoms with Crippen molar-refractivity contribution >= 4 is 0 Å². The molecule has 2 nitrogen and oxygen atoms in total. The smallest absolute Gasteiger partial charge is 0.178 e. The Hall–Kier alpha value is -2.06. The van der Waals surface area contributed by atoms with Crippen molar-refractivity contribution in [3.8, 4) is 5.75 Å². The predicted molar refractivity (Wildman–Crippen MR) is 75.1 cm³/mol. The van der Waals surface area contributed by atoms with Crippen LogP contribution in [0.2, 0.25) is 0 Å². The van der Waals surface area contributed by atoms with Crippen LogP contribution in [-0.2, 0) is 12.0 Å². The molecule has 1 aliphatic heterocycles. The van der Waals surface area contributed by atoms with E-state index in [1.54, 1.807) is 6.08 Å². The molecule has 0 aliphatic carbocycles. The Kier molecular flexibility index (Phi) is 2.88. The van der Waals surface area contributed by atoms with Crippen molar-refractivity contribution in [1.29, 1.82) is 0 Å². The van der Waals surface area contributed by atoms with Crippen molar-refractivity contribution in [2.45, 2.75) is 18.1 Å². The van der Waals surface area contributed by atoms with E-state index in [0.717, 1.165) is 16.9 Å². The number of rotatable bonds is 2. The molecule has 1 N–H and O–H groups in total. The normalized spacial score (nSPS) is 25.2. The number of para-hydroxylation sites is 1. The van der Waals surface area contributed by atoms with Gasteiger partial charge in [-0.15, -0.1) is 0 Å². The van der Waals surface area contributed by atoms with Gasteiger partial charge < -0.3 is 9.84 Å². The lowest BCUT2D eigenvalue weighted by Crippen LogP contribution is -2.47. The van der Waals surface area contributed by atoms with Crippen LogP contribution in [0, 0.1) is 0 Å². The van der Waals surface area contributed by atoms with Crippen LogP contribution >= 0.6 is 0 Å². The van der Waals surface area contributed by atoms with E-state index in [0.29, 0.717) is 6.42 Å². The number of hydrogen-bond acceptors (Lipinski definition) is 2. The quantitative estimate of drug-likeness (QED) is 0.832. The van der Waals surface area contributed by atoms with Gasteiger partial charge in [-0.1, -0.05) is 55.1 Å². The van der Waals surface area contributed by atoms with Crippen LogP contribution < -0.4 is 4.74 Å². The molecule has 0 fully saturated rings. The molecule has 19 heavy (non-hydrogen) atoms. The second kappa shape index (κ2) is 4.56. The van der Waals surface area contributed by atoms with Crippen molar-refractivity contribution < 1.29 is 9.84 Å². The van der Waals surface area contributed by atoms with E-state index in [4.69, 9.17) is 4.74 Å². The fourth-order valence-electron chi connectivity index (χ4n) is 2.63. The molecule has 96 valence electrons. The Balaban J connectivity index is 2.11. The molecular formula is C17H16O2. The first-order valence-electron chi connectivity index (χ1n) is 6.40. The minimum atomic E-state index is -0.865. The van der Waals surface area contributed by atoms with Gasteiger partial charge in [-0.3, -0.25) is 0 Å². The molecule has 2 atom stereocenters. The van der Waals surface area contributed by atoms with Crippen LogP contribution in [0.1, 0.15) is 11.1 Å². The number of aliphatic hydroxyl groups is 1. The summed E-state index contributed by atoms with van der Waals surface area (Å²) in [4.78, 5) is 0. The second-order valence-corrected chi connectivity index (χ2v) is 4.79. The number of aliphatic hydroxyl groups excluding tert-OH is 1. The van der Waals surface area contributed by atoms with Gasteiger partial charge in [-0.25, -0.2) is 0 Å². The van der Waals surface area contributed by atoms with Crippen molar-refractivity contribution in [2.24, 2.45) is 0 Å². The highest BCUT2D eigenvalue weighted by molar-refractivity contribution is 5.42. The molecule has 2 heteroatoms. The highest BCUT2D eigenvalue weighted by atomic mass is 16.5. The molecule has 0 amide bonds. The van der Waals surface area contributed by atoms with Gasteiger partial charge in [0.2, 0.25) is 0 Å². The van der Waals surface area contributed by atoms with E-state index in [-0.39, 0.29) is 0 Å². The first-order chi connectivity index (χ1) is 9.26. The third-order valence-corrected chi connectivity index (χ3v) is 3.69. The molecule has 2 aromatic carbocycles. The van der Waals surface area contributed by atoms with E-state index in [1.807, 2.05) is 54.6 Å². The monoisotopic (exact) mass is 252 g/mol. The number of fused-ring (bicyclic) bond motifs is 1. The van der Waals surface area contributed by atoms with Gasteiger partial charge in [-0.05, 0) is 17.7 Å². The number of benzene rings is 2. The highest BCUT2D eigenvalue weighted by Gasteiger charge is 2.43.